The van der Waals surface area contributed by atoms with Gasteiger partial charge in [-0.1, -0.05) is 6.07 Å². The summed E-state index contributed by atoms with van der Waals surface area (Å²) in [5.74, 6) is 0.701. The number of primary amides is 1. The molecule has 0 aromatic heterocycles. The van der Waals surface area contributed by atoms with Gasteiger partial charge in [0, 0.05) is 5.75 Å². The average molecular weight is 226 g/mol. The number of hydrogen-bond acceptors (Lipinski definition) is 4. The predicted octanol–water partition coefficient (Wildman–Crippen LogP) is 1.11. The zero-order valence-corrected chi connectivity index (χ0v) is 9.34. The lowest BCUT2D eigenvalue weighted by molar-refractivity contribution is 0.0997. The van der Waals surface area contributed by atoms with Crippen molar-refractivity contribution in [1.82, 2.24) is 0 Å². The van der Waals surface area contributed by atoms with Crippen LogP contribution in [0.5, 0.6) is 5.75 Å². The van der Waals surface area contributed by atoms with Gasteiger partial charge >= 0.3 is 0 Å². The molecule has 0 unspecified atom stereocenters. The zero-order valence-electron chi connectivity index (χ0n) is 8.53. The highest BCUT2D eigenvalue weighted by Gasteiger charge is 2.11. The highest BCUT2D eigenvalue weighted by Crippen LogP contribution is 2.25. The number of carbonyl (C=O) groups excluding carboxylic acids is 1. The molecule has 0 saturated heterocycles. The zero-order chi connectivity index (χ0) is 11.3. The molecule has 0 atom stereocenters. The predicted molar refractivity (Wildman–Crippen MR) is 63.2 cm³/mol. The second-order valence-electron chi connectivity index (χ2n) is 2.93. The van der Waals surface area contributed by atoms with E-state index in [1.54, 1.807) is 30.0 Å². The van der Waals surface area contributed by atoms with Gasteiger partial charge in [0.05, 0.1) is 17.9 Å². The molecule has 4 N–H and O–H groups in total. The van der Waals surface area contributed by atoms with Crippen molar-refractivity contribution in [3.63, 3.8) is 0 Å². The lowest BCUT2D eigenvalue weighted by atomic mass is 10.1. The van der Waals surface area contributed by atoms with Crippen molar-refractivity contribution in [3.05, 3.63) is 23.8 Å². The quantitative estimate of drug-likeness (QED) is 0.582. The van der Waals surface area contributed by atoms with Crippen LogP contribution < -0.4 is 16.2 Å². The standard InChI is InChI=1S/C10H14N2O2S/c1-15-6-5-14-9-7(10(12)13)3-2-4-8(9)11/h2-4H,5-6,11H2,1H3,(H2,12,13). The summed E-state index contributed by atoms with van der Waals surface area (Å²) >= 11 is 1.66. The fourth-order valence-electron chi connectivity index (χ4n) is 1.14. The van der Waals surface area contributed by atoms with Crippen LogP contribution in [0.2, 0.25) is 0 Å². The number of nitrogens with two attached hydrogens (primary N) is 2. The Bertz CT molecular complexity index is 355. The first-order valence-electron chi connectivity index (χ1n) is 4.47. The Hall–Kier alpha value is -1.36. The molecular weight excluding hydrogens is 212 g/mol. The minimum absolute atomic E-state index is 0.330. The Morgan fingerprint density at radius 2 is 2.27 bits per heavy atom. The molecule has 0 aliphatic rings. The fourth-order valence-corrected chi connectivity index (χ4v) is 1.39. The third kappa shape index (κ3) is 3.06. The summed E-state index contributed by atoms with van der Waals surface area (Å²) in [4.78, 5) is 11.1. The van der Waals surface area contributed by atoms with Gasteiger partial charge in [0.25, 0.3) is 5.91 Å². The molecule has 4 nitrogen and oxygen atoms in total. The maximum atomic E-state index is 11.1. The number of thioether (sulfide) groups is 1. The van der Waals surface area contributed by atoms with Crippen molar-refractivity contribution >= 4 is 23.4 Å². The summed E-state index contributed by atoms with van der Waals surface area (Å²) in [6.45, 7) is 0.510. The topological polar surface area (TPSA) is 78.3 Å². The Kier molecular flexibility index (Phi) is 4.30. The number of hydrogen-bond donors (Lipinski definition) is 2. The van der Waals surface area contributed by atoms with Gasteiger partial charge in [0.15, 0.2) is 5.75 Å². The van der Waals surface area contributed by atoms with E-state index < -0.39 is 5.91 Å². The van der Waals surface area contributed by atoms with E-state index in [1.807, 2.05) is 6.26 Å². The summed E-state index contributed by atoms with van der Waals surface area (Å²) < 4.78 is 5.42. The normalized spacial score (nSPS) is 9.93. The van der Waals surface area contributed by atoms with E-state index in [0.717, 1.165) is 5.75 Å². The van der Waals surface area contributed by atoms with Crippen molar-refractivity contribution in [3.8, 4) is 5.75 Å². The molecule has 1 aromatic carbocycles. The Morgan fingerprint density at radius 1 is 1.53 bits per heavy atom. The van der Waals surface area contributed by atoms with Gasteiger partial charge < -0.3 is 16.2 Å². The van der Waals surface area contributed by atoms with Crippen molar-refractivity contribution in [1.29, 1.82) is 0 Å². The maximum Gasteiger partial charge on any atom is 0.252 e. The van der Waals surface area contributed by atoms with Crippen LogP contribution in [0.3, 0.4) is 0 Å². The van der Waals surface area contributed by atoms with Gasteiger partial charge in [-0.2, -0.15) is 11.8 Å². The van der Waals surface area contributed by atoms with Crippen LogP contribution in [-0.4, -0.2) is 24.5 Å². The van der Waals surface area contributed by atoms with E-state index >= 15 is 0 Å². The largest absolute Gasteiger partial charge is 0.490 e. The van der Waals surface area contributed by atoms with Crippen molar-refractivity contribution < 1.29 is 9.53 Å². The minimum atomic E-state index is -0.526. The number of para-hydroxylation sites is 1. The van der Waals surface area contributed by atoms with E-state index in [2.05, 4.69) is 0 Å². The molecule has 0 bridgehead atoms. The number of ether oxygens (including phenoxy) is 1. The molecule has 0 spiro atoms. The number of rotatable bonds is 5. The molecule has 1 aromatic rings. The first-order chi connectivity index (χ1) is 7.16. The highest BCUT2D eigenvalue weighted by atomic mass is 32.2. The summed E-state index contributed by atoms with van der Waals surface area (Å²) in [7, 11) is 0. The van der Waals surface area contributed by atoms with E-state index in [-0.39, 0.29) is 0 Å². The first-order valence-corrected chi connectivity index (χ1v) is 5.86. The molecular formula is C10H14N2O2S. The number of amides is 1. The third-order valence-corrected chi connectivity index (χ3v) is 2.42. The lowest BCUT2D eigenvalue weighted by Crippen LogP contribution is -2.14. The number of nitrogen functional groups attached to an aromatic ring is 1. The molecule has 0 heterocycles. The Balaban J connectivity index is 2.87. The molecule has 5 heteroatoms. The second kappa shape index (κ2) is 5.50. The van der Waals surface area contributed by atoms with Gasteiger partial charge in [-0.05, 0) is 18.4 Å². The lowest BCUT2D eigenvalue weighted by Gasteiger charge is -2.11. The SMILES string of the molecule is CSCCOc1c(N)cccc1C(N)=O. The van der Waals surface area contributed by atoms with Crippen LogP contribution in [-0.2, 0) is 0 Å². The highest BCUT2D eigenvalue weighted by molar-refractivity contribution is 7.98. The second-order valence-corrected chi connectivity index (χ2v) is 3.92. The molecule has 0 radical (unpaired) electrons. The van der Waals surface area contributed by atoms with Gasteiger partial charge in [-0.15, -0.1) is 0 Å². The molecule has 1 amide bonds. The molecule has 0 aliphatic heterocycles. The van der Waals surface area contributed by atoms with E-state index in [9.17, 15) is 4.79 Å². The average Bonchev–Trinajstić information content (AvgIpc) is 2.20. The van der Waals surface area contributed by atoms with Gasteiger partial charge in [-0.3, -0.25) is 4.79 Å². The fraction of sp³-hybridized carbons (Fsp3) is 0.300. The number of anilines is 1. The summed E-state index contributed by atoms with van der Waals surface area (Å²) in [5, 5.41) is 0. The van der Waals surface area contributed by atoms with Crippen LogP contribution in [0.4, 0.5) is 5.69 Å². The third-order valence-electron chi connectivity index (χ3n) is 1.84. The van der Waals surface area contributed by atoms with Crippen LogP contribution in [0, 0.1) is 0 Å². The van der Waals surface area contributed by atoms with Crippen molar-refractivity contribution in [2.45, 2.75) is 0 Å². The molecule has 15 heavy (non-hydrogen) atoms. The molecule has 1 rings (SSSR count). The van der Waals surface area contributed by atoms with Crippen molar-refractivity contribution in [2.24, 2.45) is 5.73 Å². The summed E-state index contributed by atoms with van der Waals surface area (Å²) in [6, 6.07) is 4.96. The number of benzene rings is 1. The molecule has 0 saturated carbocycles. The van der Waals surface area contributed by atoms with Crippen LogP contribution in [0.15, 0.2) is 18.2 Å². The molecule has 0 fully saturated rings. The van der Waals surface area contributed by atoms with Gasteiger partial charge in [0.1, 0.15) is 0 Å². The van der Waals surface area contributed by atoms with E-state index in [1.165, 1.54) is 0 Å². The number of carbonyl (C=O) groups is 1. The van der Waals surface area contributed by atoms with Gasteiger partial charge in [0.2, 0.25) is 0 Å². The van der Waals surface area contributed by atoms with Crippen LogP contribution in [0.1, 0.15) is 10.4 Å². The molecule has 0 aliphatic carbocycles. The van der Waals surface area contributed by atoms with E-state index in [0.29, 0.717) is 23.6 Å². The van der Waals surface area contributed by atoms with Crippen LogP contribution >= 0.6 is 11.8 Å². The van der Waals surface area contributed by atoms with Crippen LogP contribution in [0.25, 0.3) is 0 Å². The maximum absolute atomic E-state index is 11.1. The Morgan fingerprint density at radius 3 is 2.87 bits per heavy atom. The van der Waals surface area contributed by atoms with Gasteiger partial charge in [-0.25, -0.2) is 0 Å². The smallest absolute Gasteiger partial charge is 0.252 e. The molecule has 82 valence electrons. The van der Waals surface area contributed by atoms with E-state index in [4.69, 9.17) is 16.2 Å². The minimum Gasteiger partial charge on any atom is -0.490 e. The van der Waals surface area contributed by atoms with Crippen molar-refractivity contribution in [2.75, 3.05) is 24.3 Å². The monoisotopic (exact) mass is 226 g/mol. The first kappa shape index (κ1) is 11.7. The summed E-state index contributed by atoms with van der Waals surface area (Å²) in [5.41, 5.74) is 11.7. The summed E-state index contributed by atoms with van der Waals surface area (Å²) in [6.07, 6.45) is 1.98. The Labute approximate surface area is 93.0 Å².